The molecule has 2 unspecified atom stereocenters. The van der Waals surface area contributed by atoms with Gasteiger partial charge in [0, 0.05) is 19.6 Å². The first-order chi connectivity index (χ1) is 10.2. The van der Waals surface area contributed by atoms with Gasteiger partial charge in [0.2, 0.25) is 0 Å². The van der Waals surface area contributed by atoms with E-state index >= 15 is 0 Å². The molecule has 21 heavy (non-hydrogen) atoms. The Hall–Kier alpha value is -0.0400. The molecule has 0 spiro atoms. The lowest BCUT2D eigenvalue weighted by atomic mass is 9.88. The number of rotatable bonds is 11. The third-order valence-electron chi connectivity index (χ3n) is 5.38. The van der Waals surface area contributed by atoms with Gasteiger partial charge in [-0.05, 0) is 43.4 Å². The minimum absolute atomic E-state index is 0.873. The lowest BCUT2D eigenvalue weighted by molar-refractivity contribution is 0.149. The van der Waals surface area contributed by atoms with Gasteiger partial charge in [-0.15, -0.1) is 0 Å². The third kappa shape index (κ3) is 8.24. The largest absolute Gasteiger partial charge is 0.303 e. The van der Waals surface area contributed by atoms with Crippen molar-refractivity contribution in [3.8, 4) is 0 Å². The molecule has 0 radical (unpaired) electrons. The fraction of sp³-hybridized carbons (Fsp3) is 1.00. The minimum Gasteiger partial charge on any atom is -0.303 e. The number of hydrogen-bond donors (Lipinski definition) is 0. The van der Waals surface area contributed by atoms with Crippen LogP contribution in [0.15, 0.2) is 0 Å². The van der Waals surface area contributed by atoms with Gasteiger partial charge in [-0.25, -0.2) is 0 Å². The van der Waals surface area contributed by atoms with E-state index < -0.39 is 0 Å². The molecule has 1 aliphatic carbocycles. The van der Waals surface area contributed by atoms with E-state index in [0.29, 0.717) is 0 Å². The van der Waals surface area contributed by atoms with Gasteiger partial charge >= 0.3 is 0 Å². The Morgan fingerprint density at radius 1 is 0.905 bits per heavy atom. The molecule has 1 rings (SSSR count). The third-order valence-corrected chi connectivity index (χ3v) is 5.38. The van der Waals surface area contributed by atoms with E-state index in [1.807, 2.05) is 0 Å². The Balaban J connectivity index is 2.50. The molecular formula is C20H41N. The molecule has 0 aromatic heterocycles. The number of hydrogen-bond acceptors (Lipinski definition) is 1. The fourth-order valence-electron chi connectivity index (χ4n) is 4.18. The maximum absolute atomic E-state index is 2.85. The van der Waals surface area contributed by atoms with Gasteiger partial charge in [-0.2, -0.15) is 0 Å². The monoisotopic (exact) mass is 295 g/mol. The molecule has 0 aromatic rings. The molecule has 0 heterocycles. The topological polar surface area (TPSA) is 3.24 Å². The summed E-state index contributed by atoms with van der Waals surface area (Å²) in [5.74, 6) is 2.79. The SMILES string of the molecule is CCCC(C)CN(CC(CC)CCC)CC1CCCCC1. The average molecular weight is 296 g/mol. The molecule has 0 aromatic carbocycles. The minimum atomic E-state index is 0.873. The van der Waals surface area contributed by atoms with Crippen LogP contribution < -0.4 is 0 Å². The second kappa shape index (κ2) is 11.5. The van der Waals surface area contributed by atoms with Crippen LogP contribution in [0, 0.1) is 17.8 Å². The first-order valence-corrected chi connectivity index (χ1v) is 9.91. The molecule has 1 nitrogen and oxygen atoms in total. The van der Waals surface area contributed by atoms with Crippen molar-refractivity contribution in [3.05, 3.63) is 0 Å². The van der Waals surface area contributed by atoms with E-state index in [-0.39, 0.29) is 0 Å². The lowest BCUT2D eigenvalue weighted by Gasteiger charge is -2.34. The summed E-state index contributed by atoms with van der Waals surface area (Å²) >= 11 is 0. The summed E-state index contributed by atoms with van der Waals surface area (Å²) in [5, 5.41) is 0. The van der Waals surface area contributed by atoms with Crippen molar-refractivity contribution in [2.45, 2.75) is 91.9 Å². The van der Waals surface area contributed by atoms with E-state index in [1.165, 1.54) is 83.8 Å². The van der Waals surface area contributed by atoms with Gasteiger partial charge in [0.1, 0.15) is 0 Å². The van der Waals surface area contributed by atoms with Crippen LogP contribution in [0.25, 0.3) is 0 Å². The van der Waals surface area contributed by atoms with Gasteiger partial charge in [-0.1, -0.05) is 66.2 Å². The van der Waals surface area contributed by atoms with Crippen LogP contribution in [0.2, 0.25) is 0 Å². The first kappa shape index (κ1) is 19.0. The lowest BCUT2D eigenvalue weighted by Crippen LogP contribution is -2.37. The molecule has 0 amide bonds. The second-order valence-electron chi connectivity index (χ2n) is 7.68. The zero-order valence-electron chi connectivity index (χ0n) is 15.4. The summed E-state index contributed by atoms with van der Waals surface area (Å²) in [6, 6.07) is 0. The van der Waals surface area contributed by atoms with Crippen LogP contribution >= 0.6 is 0 Å². The maximum atomic E-state index is 2.85. The average Bonchev–Trinajstić information content (AvgIpc) is 2.48. The highest BCUT2D eigenvalue weighted by Crippen LogP contribution is 2.26. The fourth-order valence-corrected chi connectivity index (χ4v) is 4.18. The van der Waals surface area contributed by atoms with Crippen molar-refractivity contribution in [2.75, 3.05) is 19.6 Å². The number of nitrogens with zero attached hydrogens (tertiary/aromatic N) is 1. The van der Waals surface area contributed by atoms with Crippen LogP contribution in [0.1, 0.15) is 91.9 Å². The molecule has 0 bridgehead atoms. The van der Waals surface area contributed by atoms with E-state index in [9.17, 15) is 0 Å². The molecule has 1 fully saturated rings. The molecule has 1 saturated carbocycles. The van der Waals surface area contributed by atoms with Crippen molar-refractivity contribution in [2.24, 2.45) is 17.8 Å². The van der Waals surface area contributed by atoms with Crippen LogP contribution in [0.3, 0.4) is 0 Å². The van der Waals surface area contributed by atoms with Crippen molar-refractivity contribution >= 4 is 0 Å². The summed E-state index contributed by atoms with van der Waals surface area (Å²) < 4.78 is 0. The predicted molar refractivity (Wildman–Crippen MR) is 95.8 cm³/mol. The maximum Gasteiger partial charge on any atom is 0.000989 e. The van der Waals surface area contributed by atoms with Gasteiger partial charge in [-0.3, -0.25) is 0 Å². The van der Waals surface area contributed by atoms with Crippen molar-refractivity contribution < 1.29 is 0 Å². The summed E-state index contributed by atoms with van der Waals surface area (Å²) in [4.78, 5) is 2.85. The van der Waals surface area contributed by atoms with Crippen LogP contribution in [0.5, 0.6) is 0 Å². The van der Waals surface area contributed by atoms with Gasteiger partial charge in [0.05, 0.1) is 0 Å². The zero-order chi connectivity index (χ0) is 15.5. The molecular weight excluding hydrogens is 254 g/mol. The van der Waals surface area contributed by atoms with E-state index in [0.717, 1.165) is 17.8 Å². The van der Waals surface area contributed by atoms with E-state index in [2.05, 4.69) is 32.6 Å². The summed E-state index contributed by atoms with van der Waals surface area (Å²) in [7, 11) is 0. The first-order valence-electron chi connectivity index (χ1n) is 9.91. The smallest absolute Gasteiger partial charge is 0.000989 e. The molecule has 0 aliphatic heterocycles. The Morgan fingerprint density at radius 3 is 2.14 bits per heavy atom. The highest BCUT2D eigenvalue weighted by molar-refractivity contribution is 4.74. The van der Waals surface area contributed by atoms with Crippen LogP contribution in [0.4, 0.5) is 0 Å². The normalized spacial score (nSPS) is 19.9. The van der Waals surface area contributed by atoms with E-state index in [1.54, 1.807) is 0 Å². The predicted octanol–water partition coefficient (Wildman–Crippen LogP) is 6.13. The standard InChI is InChI=1S/C20H41N/c1-5-11-18(4)15-21(16-19(7-3)12-6-2)17-20-13-9-8-10-14-20/h18-20H,5-17H2,1-4H3. The summed E-state index contributed by atoms with van der Waals surface area (Å²) in [5.41, 5.74) is 0. The molecule has 0 saturated heterocycles. The molecule has 1 heteroatoms. The van der Waals surface area contributed by atoms with Gasteiger partial charge in [0.25, 0.3) is 0 Å². The second-order valence-corrected chi connectivity index (χ2v) is 7.68. The molecule has 1 aliphatic rings. The molecule has 0 N–H and O–H groups in total. The van der Waals surface area contributed by atoms with Gasteiger partial charge < -0.3 is 4.90 Å². The van der Waals surface area contributed by atoms with Gasteiger partial charge in [0.15, 0.2) is 0 Å². The van der Waals surface area contributed by atoms with Crippen molar-refractivity contribution in [3.63, 3.8) is 0 Å². The summed E-state index contributed by atoms with van der Waals surface area (Å²) in [6.07, 6.45) is 14.3. The Morgan fingerprint density at radius 2 is 1.57 bits per heavy atom. The Labute approximate surface area is 134 Å². The summed E-state index contributed by atoms with van der Waals surface area (Å²) in [6.45, 7) is 13.6. The quantitative estimate of drug-likeness (QED) is 0.443. The molecule has 2 atom stereocenters. The Bertz CT molecular complexity index is 225. The zero-order valence-corrected chi connectivity index (χ0v) is 15.4. The molecule has 126 valence electrons. The Kier molecular flexibility index (Phi) is 10.4. The van der Waals surface area contributed by atoms with Crippen LogP contribution in [-0.4, -0.2) is 24.5 Å². The van der Waals surface area contributed by atoms with Crippen LogP contribution in [-0.2, 0) is 0 Å². The van der Waals surface area contributed by atoms with Crippen molar-refractivity contribution in [1.82, 2.24) is 4.90 Å². The van der Waals surface area contributed by atoms with Crippen molar-refractivity contribution in [1.29, 1.82) is 0 Å². The highest BCUT2D eigenvalue weighted by Gasteiger charge is 2.20. The van der Waals surface area contributed by atoms with E-state index in [4.69, 9.17) is 0 Å². The highest BCUT2D eigenvalue weighted by atomic mass is 15.1.